The van der Waals surface area contributed by atoms with Crippen LogP contribution in [0.15, 0.2) is 30.5 Å². The zero-order chi connectivity index (χ0) is 31.7. The number of hydrogen-bond acceptors (Lipinski definition) is 5. The first-order valence-corrected chi connectivity index (χ1v) is 13.7. The minimum Gasteiger partial charge on any atom is -0.439 e. The number of pyridine rings is 1. The summed E-state index contributed by atoms with van der Waals surface area (Å²) in [5.41, 5.74) is -4.85. The second-order valence-corrected chi connectivity index (χ2v) is 10.7. The largest absolute Gasteiger partial charge is 0.439 e. The molecular formula is C28H30F9N3O3. The molecule has 238 valence electrons. The summed E-state index contributed by atoms with van der Waals surface area (Å²) in [5, 5.41) is 3.14. The average Bonchev–Trinajstić information content (AvgIpc) is 3.19. The van der Waals surface area contributed by atoms with E-state index >= 15 is 0 Å². The Bertz CT molecular complexity index is 1260. The topological polar surface area (TPSA) is 63.7 Å². The molecule has 2 aromatic rings. The van der Waals surface area contributed by atoms with Gasteiger partial charge in [0.2, 0.25) is 0 Å². The van der Waals surface area contributed by atoms with Crippen molar-refractivity contribution in [3.8, 4) is 0 Å². The molecule has 1 N–H and O–H groups in total. The number of carbonyl (C=O) groups is 1. The van der Waals surface area contributed by atoms with E-state index in [2.05, 4.69) is 10.3 Å². The summed E-state index contributed by atoms with van der Waals surface area (Å²) in [6.07, 6.45) is -13.2. The van der Waals surface area contributed by atoms with Gasteiger partial charge in [0.25, 0.3) is 0 Å². The van der Waals surface area contributed by atoms with Crippen LogP contribution in [0.25, 0.3) is 0 Å². The lowest BCUT2D eigenvalue weighted by Crippen LogP contribution is -2.35. The van der Waals surface area contributed by atoms with Crippen molar-refractivity contribution >= 4 is 11.9 Å². The molecule has 6 nitrogen and oxygen atoms in total. The summed E-state index contributed by atoms with van der Waals surface area (Å²) in [6.45, 7) is 3.29. The summed E-state index contributed by atoms with van der Waals surface area (Å²) >= 11 is 0. The van der Waals surface area contributed by atoms with Crippen molar-refractivity contribution in [3.63, 3.8) is 0 Å². The summed E-state index contributed by atoms with van der Waals surface area (Å²) in [6, 6.07) is 0.361. The molecule has 1 amide bonds. The first-order chi connectivity index (χ1) is 20.0. The van der Waals surface area contributed by atoms with Crippen molar-refractivity contribution in [1.29, 1.82) is 0 Å². The van der Waals surface area contributed by atoms with Crippen LogP contribution in [-0.4, -0.2) is 40.8 Å². The molecule has 0 aliphatic carbocycles. The number of hydrogen-bond donors (Lipinski definition) is 1. The van der Waals surface area contributed by atoms with Crippen LogP contribution >= 0.6 is 0 Å². The first kappa shape index (κ1) is 32.7. The third-order valence-electron chi connectivity index (χ3n) is 7.55. The van der Waals surface area contributed by atoms with Crippen LogP contribution < -0.4 is 5.32 Å². The molecule has 0 spiro atoms. The van der Waals surface area contributed by atoms with Crippen LogP contribution in [0.5, 0.6) is 0 Å². The lowest BCUT2D eigenvalue weighted by Gasteiger charge is -2.31. The smallest absolute Gasteiger partial charge is 0.417 e. The van der Waals surface area contributed by atoms with Gasteiger partial charge < -0.3 is 14.8 Å². The molecule has 43 heavy (non-hydrogen) atoms. The van der Waals surface area contributed by atoms with Crippen molar-refractivity contribution in [1.82, 2.24) is 9.88 Å². The number of unbranched alkanes of at least 4 members (excludes halogenated alkanes) is 1. The van der Waals surface area contributed by atoms with E-state index in [1.807, 2.05) is 6.92 Å². The fourth-order valence-electron chi connectivity index (χ4n) is 5.24. The minimum atomic E-state index is -5.12. The zero-order valence-electron chi connectivity index (χ0n) is 23.2. The van der Waals surface area contributed by atoms with Gasteiger partial charge in [-0.15, -0.1) is 0 Å². The maximum Gasteiger partial charge on any atom is 0.417 e. The lowest BCUT2D eigenvalue weighted by atomic mass is 9.97. The van der Waals surface area contributed by atoms with Crippen LogP contribution in [0, 0.1) is 0 Å². The number of anilines is 1. The molecule has 0 bridgehead atoms. The van der Waals surface area contributed by atoms with E-state index in [0.717, 1.165) is 30.2 Å². The first-order valence-electron chi connectivity index (χ1n) is 13.7. The van der Waals surface area contributed by atoms with Gasteiger partial charge in [-0.1, -0.05) is 19.8 Å². The zero-order valence-corrected chi connectivity index (χ0v) is 23.2. The van der Waals surface area contributed by atoms with Gasteiger partial charge in [-0.3, -0.25) is 4.90 Å². The van der Waals surface area contributed by atoms with E-state index < -0.39 is 65.6 Å². The van der Waals surface area contributed by atoms with E-state index in [1.165, 1.54) is 6.92 Å². The maximum absolute atomic E-state index is 13.6. The van der Waals surface area contributed by atoms with E-state index in [4.69, 9.17) is 9.47 Å². The second kappa shape index (κ2) is 12.4. The summed E-state index contributed by atoms with van der Waals surface area (Å²) < 4.78 is 132. The van der Waals surface area contributed by atoms with Crippen molar-refractivity contribution in [2.75, 3.05) is 11.9 Å². The molecule has 1 aromatic heterocycles. The Morgan fingerprint density at radius 2 is 1.58 bits per heavy atom. The molecule has 0 saturated carbocycles. The molecule has 0 radical (unpaired) electrons. The lowest BCUT2D eigenvalue weighted by molar-refractivity contribution is -0.143. The molecule has 2 fully saturated rings. The Kier molecular flexibility index (Phi) is 9.43. The van der Waals surface area contributed by atoms with Gasteiger partial charge in [-0.05, 0) is 56.0 Å². The molecule has 15 heteroatoms. The number of cyclic esters (lactones) is 1. The van der Waals surface area contributed by atoms with Crippen molar-refractivity contribution in [3.05, 3.63) is 58.3 Å². The Labute approximate surface area is 241 Å². The Morgan fingerprint density at radius 3 is 2.16 bits per heavy atom. The van der Waals surface area contributed by atoms with Crippen LogP contribution in [0.4, 0.5) is 50.1 Å². The number of rotatable bonds is 8. The van der Waals surface area contributed by atoms with Crippen molar-refractivity contribution in [2.24, 2.45) is 0 Å². The van der Waals surface area contributed by atoms with Crippen molar-refractivity contribution < 1.29 is 53.8 Å². The number of amides is 1. The maximum atomic E-state index is 13.6. The predicted molar refractivity (Wildman–Crippen MR) is 136 cm³/mol. The molecule has 4 rings (SSSR count). The quantitative estimate of drug-likeness (QED) is 0.298. The highest BCUT2D eigenvalue weighted by Crippen LogP contribution is 2.41. The second-order valence-electron chi connectivity index (χ2n) is 10.7. The Balaban J connectivity index is 1.63. The Morgan fingerprint density at radius 1 is 0.953 bits per heavy atom. The highest BCUT2D eigenvalue weighted by Gasteiger charge is 2.44. The van der Waals surface area contributed by atoms with Gasteiger partial charge >= 0.3 is 24.6 Å². The summed E-state index contributed by atoms with van der Waals surface area (Å²) in [4.78, 5) is 17.8. The molecule has 1 aromatic carbocycles. The van der Waals surface area contributed by atoms with E-state index in [-0.39, 0.29) is 29.6 Å². The molecule has 3 heterocycles. The summed E-state index contributed by atoms with van der Waals surface area (Å²) in [5.74, 6) is 0.0658. The van der Waals surface area contributed by atoms with Gasteiger partial charge in [0, 0.05) is 24.4 Å². The third-order valence-corrected chi connectivity index (χ3v) is 7.55. The SMILES string of the molecule is CCCCC1CC(Nc2ncc(C(F)(F)F)cc2CN2C(=O)O[C@H](c3cc(C(F)(F)F)cc(C(F)(F)F)c3)[C@@H]2C)CCO1. The normalized spacial score (nSPS) is 23.4. The highest BCUT2D eigenvalue weighted by molar-refractivity contribution is 5.71. The molecule has 2 aliphatic heterocycles. The van der Waals surface area contributed by atoms with Gasteiger partial charge in [-0.2, -0.15) is 39.5 Å². The fourth-order valence-corrected chi connectivity index (χ4v) is 5.24. The number of alkyl halides is 9. The fraction of sp³-hybridized carbons (Fsp3) is 0.571. The minimum absolute atomic E-state index is 0.0436. The van der Waals surface area contributed by atoms with Crippen LogP contribution in [-0.2, 0) is 34.5 Å². The van der Waals surface area contributed by atoms with Gasteiger partial charge in [-0.25, -0.2) is 9.78 Å². The number of aromatic nitrogens is 1. The standard InChI is InChI=1S/C28H30F9N3O3/c1-3-4-5-22-12-21(6-7-42-22)39-24-17(10-20(13-38-24)28(35,36)37)14-40-15(2)23(43-25(40)41)16-8-18(26(29,30)31)11-19(9-16)27(32,33)34/h8-11,13,15,21-23H,3-7,12,14H2,1-2H3,(H,38,39)/t15-,21?,22?,23-/m0/s1. The Hall–Kier alpha value is -3.23. The molecule has 2 unspecified atom stereocenters. The third kappa shape index (κ3) is 7.84. The van der Waals surface area contributed by atoms with Gasteiger partial charge in [0.05, 0.1) is 35.4 Å². The number of carbonyl (C=O) groups excluding carboxylic acids is 1. The number of nitrogens with one attached hydrogen (secondary N) is 1. The van der Waals surface area contributed by atoms with Crippen LogP contribution in [0.2, 0.25) is 0 Å². The molecule has 4 atom stereocenters. The molecule has 2 saturated heterocycles. The van der Waals surface area contributed by atoms with Crippen LogP contribution in [0.3, 0.4) is 0 Å². The number of benzene rings is 1. The molecular weight excluding hydrogens is 597 g/mol. The van der Waals surface area contributed by atoms with Crippen molar-refractivity contribution in [2.45, 2.75) is 95.3 Å². The number of nitrogens with zero attached hydrogens (tertiary/aromatic N) is 2. The summed E-state index contributed by atoms with van der Waals surface area (Å²) in [7, 11) is 0. The predicted octanol–water partition coefficient (Wildman–Crippen LogP) is 8.37. The monoisotopic (exact) mass is 627 g/mol. The van der Waals surface area contributed by atoms with Crippen LogP contribution in [0.1, 0.15) is 79.9 Å². The number of ether oxygens (including phenoxy) is 2. The van der Waals surface area contributed by atoms with E-state index in [0.29, 0.717) is 37.8 Å². The average molecular weight is 628 g/mol. The van der Waals surface area contributed by atoms with E-state index in [1.54, 1.807) is 0 Å². The van der Waals surface area contributed by atoms with E-state index in [9.17, 15) is 44.3 Å². The van der Waals surface area contributed by atoms with Gasteiger partial charge in [0.1, 0.15) is 11.9 Å². The number of halogens is 9. The highest BCUT2D eigenvalue weighted by atomic mass is 19.4. The molecule has 2 aliphatic rings. The van der Waals surface area contributed by atoms with Gasteiger partial charge in [0.15, 0.2) is 0 Å².